The molecule has 2 heterocycles. The van der Waals surface area contributed by atoms with E-state index in [9.17, 15) is 0 Å². The second-order valence-electron chi connectivity index (χ2n) is 5.26. The molecule has 2 atom stereocenters. The summed E-state index contributed by atoms with van der Waals surface area (Å²) in [7, 11) is 2.23. The zero-order valence-corrected chi connectivity index (χ0v) is 10.9. The van der Waals surface area contributed by atoms with E-state index in [1.807, 2.05) is 12.4 Å². The molecule has 1 aliphatic heterocycles. The second-order valence-corrected chi connectivity index (χ2v) is 5.26. The number of rotatable bonds is 5. The number of nitrogens with zero attached hydrogens (tertiary/aromatic N) is 2. The molecule has 0 aromatic carbocycles. The van der Waals surface area contributed by atoms with E-state index in [2.05, 4.69) is 41.3 Å². The van der Waals surface area contributed by atoms with Gasteiger partial charge in [-0.05, 0) is 56.1 Å². The maximum atomic E-state index is 4.04. The average Bonchev–Trinajstić information content (AvgIpc) is 2.74. The van der Waals surface area contributed by atoms with Crippen molar-refractivity contribution in [2.24, 2.45) is 11.8 Å². The van der Waals surface area contributed by atoms with Gasteiger partial charge in [-0.3, -0.25) is 4.98 Å². The van der Waals surface area contributed by atoms with Crippen molar-refractivity contribution in [1.82, 2.24) is 15.2 Å². The first-order chi connectivity index (χ1) is 8.25. The third-order valence-corrected chi connectivity index (χ3v) is 3.76. The predicted molar refractivity (Wildman–Crippen MR) is 71.0 cm³/mol. The van der Waals surface area contributed by atoms with E-state index in [4.69, 9.17) is 0 Å². The summed E-state index contributed by atoms with van der Waals surface area (Å²) in [5.41, 5.74) is 1.38. The molecule has 0 radical (unpaired) electrons. The lowest BCUT2D eigenvalue weighted by Crippen LogP contribution is -2.30. The van der Waals surface area contributed by atoms with Crippen LogP contribution in [0.5, 0.6) is 0 Å². The highest BCUT2D eigenvalue weighted by Gasteiger charge is 2.23. The van der Waals surface area contributed by atoms with Crippen LogP contribution in [0.1, 0.15) is 12.5 Å². The Labute approximate surface area is 104 Å². The number of likely N-dealkylation sites (N-methyl/N-ethyl adjacent to an activating group) is 1. The van der Waals surface area contributed by atoms with Crippen LogP contribution in [0.15, 0.2) is 24.5 Å². The zero-order valence-electron chi connectivity index (χ0n) is 10.9. The quantitative estimate of drug-likeness (QED) is 0.833. The molecule has 0 aliphatic carbocycles. The van der Waals surface area contributed by atoms with Crippen molar-refractivity contribution in [1.29, 1.82) is 0 Å². The van der Waals surface area contributed by atoms with Gasteiger partial charge in [0.1, 0.15) is 0 Å². The van der Waals surface area contributed by atoms with Crippen LogP contribution in [0.3, 0.4) is 0 Å². The van der Waals surface area contributed by atoms with Crippen LogP contribution >= 0.6 is 0 Å². The molecule has 1 saturated heterocycles. The minimum absolute atomic E-state index is 0.817. The summed E-state index contributed by atoms with van der Waals surface area (Å²) in [6.45, 7) is 7.05. The number of nitrogens with one attached hydrogen (secondary N) is 1. The van der Waals surface area contributed by atoms with Gasteiger partial charge in [0.05, 0.1) is 0 Å². The van der Waals surface area contributed by atoms with E-state index in [1.165, 1.54) is 25.2 Å². The van der Waals surface area contributed by atoms with Crippen LogP contribution in [-0.2, 0) is 6.42 Å². The molecule has 1 aliphatic rings. The van der Waals surface area contributed by atoms with Crippen molar-refractivity contribution >= 4 is 0 Å². The molecule has 0 spiro atoms. The fourth-order valence-corrected chi connectivity index (χ4v) is 2.47. The number of hydrogen-bond acceptors (Lipinski definition) is 3. The first kappa shape index (κ1) is 12.5. The Morgan fingerprint density at radius 1 is 1.35 bits per heavy atom. The van der Waals surface area contributed by atoms with Crippen molar-refractivity contribution in [2.45, 2.75) is 13.3 Å². The molecule has 0 saturated carbocycles. The summed E-state index contributed by atoms with van der Waals surface area (Å²) in [5.74, 6) is 1.64. The fourth-order valence-electron chi connectivity index (χ4n) is 2.47. The lowest BCUT2D eigenvalue weighted by molar-refractivity contribution is 0.261. The third kappa shape index (κ3) is 3.79. The van der Waals surface area contributed by atoms with Crippen LogP contribution in [0.4, 0.5) is 0 Å². The molecule has 2 rings (SSSR count). The van der Waals surface area contributed by atoms with E-state index >= 15 is 0 Å². The Kier molecular flexibility index (Phi) is 4.51. The molecule has 17 heavy (non-hydrogen) atoms. The monoisotopic (exact) mass is 233 g/mol. The van der Waals surface area contributed by atoms with Crippen molar-refractivity contribution < 1.29 is 0 Å². The van der Waals surface area contributed by atoms with Crippen molar-refractivity contribution in [3.63, 3.8) is 0 Å². The average molecular weight is 233 g/mol. The summed E-state index contributed by atoms with van der Waals surface area (Å²) in [6, 6.07) is 4.21. The summed E-state index contributed by atoms with van der Waals surface area (Å²) in [4.78, 5) is 6.50. The molecule has 0 bridgehead atoms. The summed E-state index contributed by atoms with van der Waals surface area (Å²) >= 11 is 0. The number of aromatic nitrogens is 1. The first-order valence-electron chi connectivity index (χ1n) is 6.54. The van der Waals surface area contributed by atoms with E-state index in [0.717, 1.165) is 24.8 Å². The Hall–Kier alpha value is -0.930. The Balaban J connectivity index is 1.72. The van der Waals surface area contributed by atoms with E-state index in [0.29, 0.717) is 0 Å². The van der Waals surface area contributed by atoms with E-state index in [-0.39, 0.29) is 0 Å². The lowest BCUT2D eigenvalue weighted by Gasteiger charge is -2.23. The topological polar surface area (TPSA) is 28.2 Å². The Bertz CT molecular complexity index is 325. The number of hydrogen-bond donors (Lipinski definition) is 1. The fraction of sp³-hybridized carbons (Fsp3) is 0.643. The van der Waals surface area contributed by atoms with Crippen LogP contribution < -0.4 is 5.32 Å². The Morgan fingerprint density at radius 3 is 2.76 bits per heavy atom. The van der Waals surface area contributed by atoms with Gasteiger partial charge in [0.25, 0.3) is 0 Å². The SMILES string of the molecule is C[C@@H]1CNC[C@H]1CN(C)CCc1ccncc1. The smallest absolute Gasteiger partial charge is 0.0270 e. The molecule has 0 amide bonds. The maximum Gasteiger partial charge on any atom is 0.0270 e. The van der Waals surface area contributed by atoms with Crippen molar-refractivity contribution in [3.05, 3.63) is 30.1 Å². The molecule has 1 aromatic heterocycles. The minimum atomic E-state index is 0.817. The van der Waals surface area contributed by atoms with Gasteiger partial charge < -0.3 is 10.2 Å². The molecular weight excluding hydrogens is 210 g/mol. The van der Waals surface area contributed by atoms with Gasteiger partial charge >= 0.3 is 0 Å². The first-order valence-corrected chi connectivity index (χ1v) is 6.54. The zero-order chi connectivity index (χ0) is 12.1. The molecule has 0 unspecified atom stereocenters. The van der Waals surface area contributed by atoms with Crippen LogP contribution in [0, 0.1) is 11.8 Å². The van der Waals surface area contributed by atoms with Crippen LogP contribution in [0.25, 0.3) is 0 Å². The third-order valence-electron chi connectivity index (χ3n) is 3.76. The molecule has 1 N–H and O–H groups in total. The van der Waals surface area contributed by atoms with E-state index < -0.39 is 0 Å². The minimum Gasteiger partial charge on any atom is -0.316 e. The van der Waals surface area contributed by atoms with Crippen LogP contribution in [-0.4, -0.2) is 43.1 Å². The van der Waals surface area contributed by atoms with E-state index in [1.54, 1.807) is 0 Å². The molecule has 3 heteroatoms. The molecular formula is C14H23N3. The van der Waals surface area contributed by atoms with Gasteiger partial charge in [-0.25, -0.2) is 0 Å². The maximum absolute atomic E-state index is 4.04. The van der Waals surface area contributed by atoms with Crippen molar-refractivity contribution in [3.8, 4) is 0 Å². The normalized spacial score (nSPS) is 24.4. The van der Waals surface area contributed by atoms with Gasteiger partial charge in [-0.2, -0.15) is 0 Å². The molecule has 94 valence electrons. The molecule has 1 aromatic rings. The lowest BCUT2D eigenvalue weighted by atomic mass is 9.97. The van der Waals surface area contributed by atoms with Crippen molar-refractivity contribution in [2.75, 3.05) is 33.2 Å². The van der Waals surface area contributed by atoms with Gasteiger partial charge in [-0.15, -0.1) is 0 Å². The summed E-state index contributed by atoms with van der Waals surface area (Å²) in [5, 5.41) is 3.47. The van der Waals surface area contributed by atoms with Gasteiger partial charge in [0, 0.05) is 25.5 Å². The second kappa shape index (κ2) is 6.12. The molecule has 3 nitrogen and oxygen atoms in total. The molecule has 1 fully saturated rings. The standard InChI is InChI=1S/C14H23N3/c1-12-9-16-10-14(12)11-17(2)8-5-13-3-6-15-7-4-13/h3-4,6-7,12,14,16H,5,8-11H2,1-2H3/t12-,14+/m1/s1. The highest BCUT2D eigenvalue weighted by atomic mass is 15.1. The highest BCUT2D eigenvalue weighted by molar-refractivity contribution is 5.09. The largest absolute Gasteiger partial charge is 0.316 e. The van der Waals surface area contributed by atoms with Gasteiger partial charge in [0.15, 0.2) is 0 Å². The predicted octanol–water partition coefficient (Wildman–Crippen LogP) is 1.41. The van der Waals surface area contributed by atoms with Crippen LogP contribution in [0.2, 0.25) is 0 Å². The van der Waals surface area contributed by atoms with Gasteiger partial charge in [-0.1, -0.05) is 6.92 Å². The van der Waals surface area contributed by atoms with Gasteiger partial charge in [0.2, 0.25) is 0 Å². The summed E-state index contributed by atoms with van der Waals surface area (Å²) in [6.07, 6.45) is 4.87. The summed E-state index contributed by atoms with van der Waals surface area (Å²) < 4.78 is 0. The highest BCUT2D eigenvalue weighted by Crippen LogP contribution is 2.16. The number of pyridine rings is 1. The Morgan fingerprint density at radius 2 is 2.12 bits per heavy atom.